The molecular weight excluding hydrogens is 356 g/mol. The van der Waals surface area contributed by atoms with Crippen LogP contribution in [0.5, 0.6) is 5.75 Å². The zero-order valence-electron chi connectivity index (χ0n) is 11.8. The van der Waals surface area contributed by atoms with Crippen LogP contribution in [0.4, 0.5) is 0 Å². The normalized spacial score (nSPS) is 10.5. The average molecular weight is 369 g/mol. The second-order valence-corrected chi connectivity index (χ2v) is 5.39. The largest absolute Gasteiger partial charge is 0.506 e. The van der Waals surface area contributed by atoms with Crippen LogP contribution in [-0.4, -0.2) is 35.6 Å². The van der Waals surface area contributed by atoms with Crippen LogP contribution in [-0.2, 0) is 9.53 Å². The maximum atomic E-state index is 12.1. The zero-order chi connectivity index (χ0) is 16.4. The molecular formula is C14H13BrN2O5. The van der Waals surface area contributed by atoms with Crippen molar-refractivity contribution in [2.24, 2.45) is 0 Å². The molecule has 0 aliphatic rings. The number of aromatic hydroxyl groups is 1. The molecule has 3 N–H and O–H groups in total. The van der Waals surface area contributed by atoms with E-state index in [0.717, 1.165) is 10.0 Å². The van der Waals surface area contributed by atoms with Gasteiger partial charge in [0, 0.05) is 9.86 Å². The Morgan fingerprint density at radius 2 is 2.09 bits per heavy atom. The number of rotatable bonds is 3. The third kappa shape index (κ3) is 2.82. The quantitative estimate of drug-likeness (QED) is 0.705. The fourth-order valence-electron chi connectivity index (χ4n) is 1.99. The summed E-state index contributed by atoms with van der Waals surface area (Å²) in [5.41, 5.74) is -0.0282. The summed E-state index contributed by atoms with van der Waals surface area (Å²) in [6.07, 6.45) is 0. The number of ether oxygens (including phenoxy) is 1. The third-order valence-corrected chi connectivity index (χ3v) is 4.06. The fourth-order valence-corrected chi connectivity index (χ4v) is 2.32. The first-order valence-electron chi connectivity index (χ1n) is 6.26. The molecule has 2 rings (SSSR count). The Morgan fingerprint density at radius 1 is 1.41 bits per heavy atom. The molecule has 1 heterocycles. The van der Waals surface area contributed by atoms with E-state index in [1.165, 1.54) is 7.11 Å². The molecule has 0 atom stereocenters. The average Bonchev–Trinajstić information content (AvgIpc) is 2.49. The van der Waals surface area contributed by atoms with Crippen molar-refractivity contribution in [3.8, 4) is 5.75 Å². The van der Waals surface area contributed by atoms with E-state index in [1.807, 2.05) is 0 Å². The van der Waals surface area contributed by atoms with Crippen LogP contribution in [0.3, 0.4) is 0 Å². The van der Waals surface area contributed by atoms with Gasteiger partial charge in [-0.2, -0.15) is 0 Å². The van der Waals surface area contributed by atoms with E-state index in [0.29, 0.717) is 10.9 Å². The summed E-state index contributed by atoms with van der Waals surface area (Å²) in [7, 11) is 1.18. The number of hydrogen-bond donors (Lipinski definition) is 3. The number of aryl methyl sites for hydroxylation is 1. The third-order valence-electron chi connectivity index (χ3n) is 3.20. The summed E-state index contributed by atoms with van der Waals surface area (Å²) >= 11 is 3.33. The lowest BCUT2D eigenvalue weighted by Gasteiger charge is -2.10. The number of carbonyl (C=O) groups is 2. The van der Waals surface area contributed by atoms with Crippen molar-refractivity contribution in [3.05, 3.63) is 38.1 Å². The van der Waals surface area contributed by atoms with E-state index in [1.54, 1.807) is 19.1 Å². The molecule has 1 aromatic carbocycles. The Hall–Kier alpha value is -2.35. The predicted octanol–water partition coefficient (Wildman–Crippen LogP) is 1.21. The number of esters is 1. The van der Waals surface area contributed by atoms with Crippen molar-refractivity contribution in [3.63, 3.8) is 0 Å². The number of methoxy groups -OCH3 is 1. The molecule has 0 saturated heterocycles. The SMILES string of the molecule is COC(=O)CNC(=O)c1c(O)c2ccc(Br)c(C)c2[nH]c1=O. The Bertz CT molecular complexity index is 828. The first-order valence-corrected chi connectivity index (χ1v) is 7.05. The van der Waals surface area contributed by atoms with Gasteiger partial charge in [-0.25, -0.2) is 0 Å². The van der Waals surface area contributed by atoms with Gasteiger partial charge in [-0.1, -0.05) is 15.9 Å². The topological polar surface area (TPSA) is 108 Å². The van der Waals surface area contributed by atoms with Gasteiger partial charge in [0.1, 0.15) is 17.9 Å². The molecule has 0 aliphatic heterocycles. The minimum Gasteiger partial charge on any atom is -0.506 e. The molecule has 0 radical (unpaired) electrons. The molecule has 0 bridgehead atoms. The van der Waals surface area contributed by atoms with E-state index in [9.17, 15) is 19.5 Å². The predicted molar refractivity (Wildman–Crippen MR) is 83.0 cm³/mol. The Labute approximate surface area is 133 Å². The molecule has 2 aromatic rings. The number of halogens is 1. The smallest absolute Gasteiger partial charge is 0.325 e. The summed E-state index contributed by atoms with van der Waals surface area (Å²) in [6, 6.07) is 3.28. The van der Waals surface area contributed by atoms with Crippen LogP contribution < -0.4 is 10.9 Å². The van der Waals surface area contributed by atoms with Crippen molar-refractivity contribution in [1.82, 2.24) is 10.3 Å². The number of hydrogen-bond acceptors (Lipinski definition) is 5. The summed E-state index contributed by atoms with van der Waals surface area (Å²) in [4.78, 5) is 37.6. The molecule has 0 spiro atoms. The number of amides is 1. The molecule has 0 fully saturated rings. The highest BCUT2D eigenvalue weighted by atomic mass is 79.9. The lowest BCUT2D eigenvalue weighted by atomic mass is 10.1. The van der Waals surface area contributed by atoms with Crippen LogP contribution in [0.1, 0.15) is 15.9 Å². The molecule has 22 heavy (non-hydrogen) atoms. The summed E-state index contributed by atoms with van der Waals surface area (Å²) < 4.78 is 5.15. The number of fused-ring (bicyclic) bond motifs is 1. The molecule has 0 saturated carbocycles. The number of benzene rings is 1. The van der Waals surface area contributed by atoms with E-state index in [4.69, 9.17) is 0 Å². The van der Waals surface area contributed by atoms with Crippen LogP contribution in [0, 0.1) is 6.92 Å². The molecule has 0 unspecified atom stereocenters. The van der Waals surface area contributed by atoms with E-state index in [2.05, 4.69) is 31.0 Å². The number of H-pyrrole nitrogens is 1. The van der Waals surface area contributed by atoms with E-state index >= 15 is 0 Å². The highest BCUT2D eigenvalue weighted by Crippen LogP contribution is 2.30. The van der Waals surface area contributed by atoms with Gasteiger partial charge >= 0.3 is 5.97 Å². The van der Waals surface area contributed by atoms with Crippen molar-refractivity contribution in [2.75, 3.05) is 13.7 Å². The highest BCUT2D eigenvalue weighted by Gasteiger charge is 2.20. The van der Waals surface area contributed by atoms with Crippen molar-refractivity contribution in [1.29, 1.82) is 0 Å². The van der Waals surface area contributed by atoms with Gasteiger partial charge in [0.25, 0.3) is 11.5 Å². The van der Waals surface area contributed by atoms with Crippen molar-refractivity contribution in [2.45, 2.75) is 6.92 Å². The summed E-state index contributed by atoms with van der Waals surface area (Å²) in [5.74, 6) is -1.95. The van der Waals surface area contributed by atoms with Crippen molar-refractivity contribution >= 4 is 38.7 Å². The molecule has 116 valence electrons. The van der Waals surface area contributed by atoms with E-state index < -0.39 is 35.3 Å². The van der Waals surface area contributed by atoms with Gasteiger partial charge in [0.05, 0.1) is 12.6 Å². The van der Waals surface area contributed by atoms with Gasteiger partial charge in [-0.3, -0.25) is 14.4 Å². The van der Waals surface area contributed by atoms with Crippen LogP contribution in [0.2, 0.25) is 0 Å². The first-order chi connectivity index (χ1) is 10.4. The summed E-state index contributed by atoms with van der Waals surface area (Å²) in [6.45, 7) is 1.37. The van der Waals surface area contributed by atoms with Gasteiger partial charge in [0.15, 0.2) is 0 Å². The number of aromatic nitrogens is 1. The van der Waals surface area contributed by atoms with Gasteiger partial charge in [-0.15, -0.1) is 0 Å². The molecule has 8 heteroatoms. The molecule has 0 aliphatic carbocycles. The molecule has 7 nitrogen and oxygen atoms in total. The zero-order valence-corrected chi connectivity index (χ0v) is 13.4. The number of carbonyl (C=O) groups excluding carboxylic acids is 2. The highest BCUT2D eigenvalue weighted by molar-refractivity contribution is 9.10. The second kappa shape index (κ2) is 6.18. The first kappa shape index (κ1) is 16.0. The second-order valence-electron chi connectivity index (χ2n) is 4.53. The number of pyridine rings is 1. The maximum Gasteiger partial charge on any atom is 0.325 e. The standard InChI is InChI=1S/C14H13BrN2O5/c1-6-8(15)4-3-7-11(6)17-14(21)10(12(7)19)13(20)16-5-9(18)22-2/h3-4H,5H2,1-2H3,(H,16,20)(H2,17,19,21). The fraction of sp³-hybridized carbons (Fsp3) is 0.214. The maximum absolute atomic E-state index is 12.1. The van der Waals surface area contributed by atoms with E-state index in [-0.39, 0.29) is 0 Å². The van der Waals surface area contributed by atoms with Gasteiger partial charge in [-0.05, 0) is 24.6 Å². The van der Waals surface area contributed by atoms with Crippen LogP contribution in [0.15, 0.2) is 21.4 Å². The molecule has 1 aromatic heterocycles. The van der Waals surface area contributed by atoms with Crippen LogP contribution in [0.25, 0.3) is 10.9 Å². The lowest BCUT2D eigenvalue weighted by Crippen LogP contribution is -2.34. The Kier molecular flexibility index (Phi) is 4.51. The Balaban J connectivity index is 2.52. The number of aromatic amines is 1. The monoisotopic (exact) mass is 368 g/mol. The summed E-state index contributed by atoms with van der Waals surface area (Å²) in [5, 5.41) is 12.8. The lowest BCUT2D eigenvalue weighted by molar-refractivity contribution is -0.139. The minimum atomic E-state index is -0.855. The molecule has 1 amide bonds. The Morgan fingerprint density at radius 3 is 2.73 bits per heavy atom. The minimum absolute atomic E-state index is 0.337. The van der Waals surface area contributed by atoms with Gasteiger partial charge in [0.2, 0.25) is 0 Å². The van der Waals surface area contributed by atoms with Crippen molar-refractivity contribution < 1.29 is 19.4 Å². The van der Waals surface area contributed by atoms with Crippen LogP contribution >= 0.6 is 15.9 Å². The van der Waals surface area contributed by atoms with Gasteiger partial charge < -0.3 is 20.1 Å². The number of nitrogens with one attached hydrogen (secondary N) is 2.